The van der Waals surface area contributed by atoms with Crippen LogP contribution in [0.2, 0.25) is 0 Å². The van der Waals surface area contributed by atoms with Crippen molar-refractivity contribution in [3.8, 4) is 11.5 Å². The zero-order valence-corrected chi connectivity index (χ0v) is 17.6. The van der Waals surface area contributed by atoms with Crippen molar-refractivity contribution in [1.82, 2.24) is 10.2 Å². The number of ether oxygens (including phenoxy) is 3. The van der Waals surface area contributed by atoms with Gasteiger partial charge in [-0.25, -0.2) is 0 Å². The SMILES string of the molecule is O=[N+]([O-])c1cc2c(c(CSc3nnc(Nc4ccc(OC(F)(F)F)cc4)s3)c1)OCOC2. The number of hydrogen-bond acceptors (Lipinski definition) is 10. The highest BCUT2D eigenvalue weighted by atomic mass is 32.2. The number of hydrogen-bond donors (Lipinski definition) is 1. The van der Waals surface area contributed by atoms with Crippen LogP contribution in [0.25, 0.3) is 0 Å². The van der Waals surface area contributed by atoms with E-state index in [4.69, 9.17) is 9.47 Å². The number of rotatable bonds is 7. The number of nitro benzene ring substituents is 1. The van der Waals surface area contributed by atoms with Gasteiger partial charge in [-0.15, -0.1) is 23.4 Å². The molecule has 0 aliphatic carbocycles. The molecule has 0 fully saturated rings. The van der Waals surface area contributed by atoms with Crippen LogP contribution in [-0.4, -0.2) is 28.3 Å². The van der Waals surface area contributed by atoms with Gasteiger partial charge in [-0.2, -0.15) is 0 Å². The summed E-state index contributed by atoms with van der Waals surface area (Å²) in [5.74, 6) is 0.602. The largest absolute Gasteiger partial charge is 0.573 e. The van der Waals surface area contributed by atoms with Crippen LogP contribution in [0.4, 0.5) is 29.7 Å². The molecular weight excluding hydrogens is 473 g/mol. The van der Waals surface area contributed by atoms with Gasteiger partial charge < -0.3 is 19.5 Å². The minimum Gasteiger partial charge on any atom is -0.467 e. The van der Waals surface area contributed by atoms with Crippen LogP contribution in [0.3, 0.4) is 0 Å². The van der Waals surface area contributed by atoms with Crippen molar-refractivity contribution < 1.29 is 32.3 Å². The summed E-state index contributed by atoms with van der Waals surface area (Å²) in [5.41, 5.74) is 1.71. The Morgan fingerprint density at radius 1 is 1.25 bits per heavy atom. The average molecular weight is 486 g/mol. The van der Waals surface area contributed by atoms with Crippen molar-refractivity contribution in [3.05, 3.63) is 57.6 Å². The normalized spacial score (nSPS) is 13.2. The van der Waals surface area contributed by atoms with Crippen LogP contribution < -0.4 is 14.8 Å². The summed E-state index contributed by atoms with van der Waals surface area (Å²) in [6.07, 6.45) is -4.75. The fourth-order valence-corrected chi connectivity index (χ4v) is 4.55. The lowest BCUT2D eigenvalue weighted by Gasteiger charge is -2.20. The van der Waals surface area contributed by atoms with Gasteiger partial charge in [0, 0.05) is 34.7 Å². The summed E-state index contributed by atoms with van der Waals surface area (Å²) < 4.78 is 51.9. The second-order valence-corrected chi connectivity index (χ2v) is 8.52. The molecule has 4 rings (SSSR count). The van der Waals surface area contributed by atoms with Gasteiger partial charge in [0.05, 0.1) is 11.5 Å². The van der Waals surface area contributed by atoms with E-state index in [1.807, 2.05) is 0 Å². The first-order valence-corrected chi connectivity index (χ1v) is 10.7. The monoisotopic (exact) mass is 486 g/mol. The Morgan fingerprint density at radius 2 is 2.03 bits per heavy atom. The summed E-state index contributed by atoms with van der Waals surface area (Å²) in [6.45, 7) is 0.302. The van der Waals surface area contributed by atoms with E-state index in [0.717, 1.165) is 0 Å². The maximum atomic E-state index is 12.2. The Kier molecular flexibility index (Phi) is 6.34. The lowest BCUT2D eigenvalue weighted by Crippen LogP contribution is -2.16. The minimum atomic E-state index is -4.75. The lowest BCUT2D eigenvalue weighted by atomic mass is 10.1. The highest BCUT2D eigenvalue weighted by molar-refractivity contribution is 8.00. The van der Waals surface area contributed by atoms with E-state index < -0.39 is 11.3 Å². The van der Waals surface area contributed by atoms with Gasteiger partial charge in [0.25, 0.3) is 5.69 Å². The molecule has 14 heteroatoms. The summed E-state index contributed by atoms with van der Waals surface area (Å²) in [7, 11) is 0. The number of aromatic nitrogens is 2. The smallest absolute Gasteiger partial charge is 0.467 e. The van der Waals surface area contributed by atoms with E-state index in [9.17, 15) is 23.3 Å². The molecule has 1 aromatic heterocycles. The number of fused-ring (bicyclic) bond motifs is 1. The van der Waals surface area contributed by atoms with E-state index in [0.29, 0.717) is 37.8 Å². The molecule has 1 N–H and O–H groups in total. The predicted molar refractivity (Wildman–Crippen MR) is 109 cm³/mol. The van der Waals surface area contributed by atoms with Gasteiger partial charge in [-0.05, 0) is 24.3 Å². The van der Waals surface area contributed by atoms with Gasteiger partial charge in [-0.1, -0.05) is 23.1 Å². The fourth-order valence-electron chi connectivity index (χ4n) is 2.81. The maximum absolute atomic E-state index is 12.2. The number of alkyl halides is 3. The number of benzene rings is 2. The second kappa shape index (κ2) is 9.18. The number of thioether (sulfide) groups is 1. The molecule has 0 saturated heterocycles. The Morgan fingerprint density at radius 3 is 2.75 bits per heavy atom. The van der Waals surface area contributed by atoms with Gasteiger partial charge in [0.15, 0.2) is 11.1 Å². The number of nitro groups is 1. The Balaban J connectivity index is 1.41. The standard InChI is InChI=1S/C18H13F3N4O5S2/c19-18(20,21)30-14-3-1-12(2-4-14)22-16-23-24-17(32-16)31-8-11-6-13(25(26)27)5-10-7-28-9-29-15(10)11/h1-6H,7-9H2,(H,22,23). The number of non-ortho nitro benzene ring substituents is 1. The third-order valence-corrected chi connectivity index (χ3v) is 6.10. The third kappa shape index (κ3) is 5.57. The Bertz CT molecular complexity index is 1120. The molecule has 0 unspecified atom stereocenters. The van der Waals surface area contributed by atoms with E-state index in [1.54, 1.807) is 0 Å². The minimum absolute atomic E-state index is 0.0500. The van der Waals surface area contributed by atoms with Crippen molar-refractivity contribution in [3.63, 3.8) is 0 Å². The molecule has 2 aromatic carbocycles. The molecule has 0 saturated carbocycles. The van der Waals surface area contributed by atoms with Gasteiger partial charge in [0.1, 0.15) is 11.5 Å². The summed E-state index contributed by atoms with van der Waals surface area (Å²) >= 11 is 2.55. The van der Waals surface area contributed by atoms with Gasteiger partial charge in [-0.3, -0.25) is 10.1 Å². The van der Waals surface area contributed by atoms with Crippen LogP contribution in [0, 0.1) is 10.1 Å². The van der Waals surface area contributed by atoms with Crippen molar-refractivity contribution in [2.24, 2.45) is 0 Å². The molecule has 0 spiro atoms. The van der Waals surface area contributed by atoms with Crippen LogP contribution in [0.5, 0.6) is 11.5 Å². The van der Waals surface area contributed by atoms with Gasteiger partial charge in [0.2, 0.25) is 5.13 Å². The van der Waals surface area contributed by atoms with E-state index in [2.05, 4.69) is 20.3 Å². The Labute approximate surface area is 186 Å². The topological polar surface area (TPSA) is 109 Å². The zero-order valence-electron chi connectivity index (χ0n) is 15.9. The highest BCUT2D eigenvalue weighted by Gasteiger charge is 2.31. The maximum Gasteiger partial charge on any atom is 0.573 e. The summed E-state index contributed by atoms with van der Waals surface area (Å²) in [5, 5.41) is 22.7. The van der Waals surface area contributed by atoms with Crippen LogP contribution in [0.1, 0.15) is 11.1 Å². The van der Waals surface area contributed by atoms with Crippen LogP contribution >= 0.6 is 23.1 Å². The molecule has 32 heavy (non-hydrogen) atoms. The average Bonchev–Trinajstić information content (AvgIpc) is 3.19. The quantitative estimate of drug-likeness (QED) is 0.272. The fraction of sp³-hybridized carbons (Fsp3) is 0.222. The molecule has 1 aliphatic rings. The molecular formula is C18H13F3N4O5S2. The van der Waals surface area contributed by atoms with Crippen molar-refractivity contribution in [2.75, 3.05) is 12.1 Å². The summed E-state index contributed by atoms with van der Waals surface area (Å²) in [4.78, 5) is 10.7. The molecule has 0 amide bonds. The molecule has 0 bridgehead atoms. The molecule has 2 heterocycles. The molecule has 0 radical (unpaired) electrons. The first-order valence-electron chi connectivity index (χ1n) is 8.87. The predicted octanol–water partition coefficient (Wildman–Crippen LogP) is 5.25. The Hall–Kier alpha value is -3.10. The third-order valence-electron chi connectivity index (χ3n) is 4.08. The molecule has 3 aromatic rings. The number of halogens is 3. The van der Waals surface area contributed by atoms with E-state index in [1.165, 1.54) is 59.5 Å². The van der Waals surface area contributed by atoms with E-state index in [-0.39, 0.29) is 24.8 Å². The molecule has 9 nitrogen and oxygen atoms in total. The first kappa shape index (κ1) is 22.1. The van der Waals surface area contributed by atoms with Crippen molar-refractivity contribution in [2.45, 2.75) is 23.1 Å². The van der Waals surface area contributed by atoms with Crippen molar-refractivity contribution >= 4 is 39.6 Å². The highest BCUT2D eigenvalue weighted by Crippen LogP contribution is 2.37. The van der Waals surface area contributed by atoms with Gasteiger partial charge >= 0.3 is 6.36 Å². The van der Waals surface area contributed by atoms with E-state index >= 15 is 0 Å². The van der Waals surface area contributed by atoms with Crippen LogP contribution in [-0.2, 0) is 17.1 Å². The second-order valence-electron chi connectivity index (χ2n) is 6.32. The molecule has 168 valence electrons. The lowest BCUT2D eigenvalue weighted by molar-refractivity contribution is -0.385. The number of anilines is 2. The number of nitrogens with zero attached hydrogens (tertiary/aromatic N) is 3. The zero-order chi connectivity index (χ0) is 22.7. The van der Waals surface area contributed by atoms with Crippen molar-refractivity contribution in [1.29, 1.82) is 0 Å². The summed E-state index contributed by atoms with van der Waals surface area (Å²) in [6, 6.07) is 8.10. The molecule has 1 aliphatic heterocycles. The van der Waals surface area contributed by atoms with Crippen LogP contribution in [0.15, 0.2) is 40.7 Å². The molecule has 0 atom stereocenters. The first-order chi connectivity index (χ1) is 15.3. The number of nitrogens with one attached hydrogen (secondary N) is 1.